The number of hydrogen-bond donors (Lipinski definition) is 1. The lowest BCUT2D eigenvalue weighted by Crippen LogP contribution is -2.19. The highest BCUT2D eigenvalue weighted by Gasteiger charge is 1.92. The predicted molar refractivity (Wildman–Crippen MR) is 64.3 cm³/mol. The van der Waals surface area contributed by atoms with Crippen molar-refractivity contribution in [1.29, 1.82) is 0 Å². The number of rotatable bonds is 2. The molecule has 2 aromatic rings. The fourth-order valence-electron chi connectivity index (χ4n) is 1.35. The number of hydrogen-bond acceptors (Lipinski definition) is 2. The molecule has 0 spiro atoms. The molecular weight excluding hydrogens is 206 g/mol. The summed E-state index contributed by atoms with van der Waals surface area (Å²) in [5, 5.41) is 0. The van der Waals surface area contributed by atoms with Crippen molar-refractivity contribution in [2.75, 3.05) is 0 Å². The lowest BCUT2D eigenvalue weighted by atomic mass is 10.1. The molecule has 76 valence electrons. The number of aromatic amines is 1. The summed E-state index contributed by atoms with van der Waals surface area (Å²) < 4.78 is 1.45. The second kappa shape index (κ2) is 4.28. The minimum Gasteiger partial charge on any atom is -0.313 e. The molecule has 0 aliphatic heterocycles. The van der Waals surface area contributed by atoms with Gasteiger partial charge in [0.1, 0.15) is 0 Å². The van der Waals surface area contributed by atoms with Gasteiger partial charge >= 0.3 is 0 Å². The Labute approximate surface area is 91.2 Å². The lowest BCUT2D eigenvalue weighted by Gasteiger charge is -1.92. The summed E-state index contributed by atoms with van der Waals surface area (Å²) in [5.74, 6) is 0. The van der Waals surface area contributed by atoms with Crippen molar-refractivity contribution >= 4 is 24.0 Å². The molecule has 0 fully saturated rings. The highest BCUT2D eigenvalue weighted by molar-refractivity contribution is 7.07. The molecule has 1 heterocycles. The van der Waals surface area contributed by atoms with Crippen LogP contribution in [0.1, 0.15) is 5.56 Å². The summed E-state index contributed by atoms with van der Waals surface area (Å²) in [6.45, 7) is 3.70. The molecule has 0 unspecified atom stereocenters. The Kier molecular flexibility index (Phi) is 2.83. The highest BCUT2D eigenvalue weighted by atomic mass is 32.1. The van der Waals surface area contributed by atoms with Gasteiger partial charge in [-0.15, -0.1) is 11.3 Å². The molecule has 1 N–H and O–H groups in total. The van der Waals surface area contributed by atoms with Crippen molar-refractivity contribution in [2.45, 2.75) is 6.42 Å². The zero-order valence-corrected chi connectivity index (χ0v) is 9.01. The van der Waals surface area contributed by atoms with Crippen LogP contribution < -0.4 is 14.8 Å². The third-order valence-corrected chi connectivity index (χ3v) is 3.00. The maximum absolute atomic E-state index is 11.3. The van der Waals surface area contributed by atoms with Crippen molar-refractivity contribution < 1.29 is 0 Å². The topological polar surface area (TPSA) is 32.9 Å². The first-order chi connectivity index (χ1) is 7.25. The molecule has 0 saturated carbocycles. The molecule has 3 heteroatoms. The van der Waals surface area contributed by atoms with E-state index < -0.39 is 0 Å². The van der Waals surface area contributed by atoms with E-state index in [0.29, 0.717) is 4.66 Å². The first-order valence-electron chi connectivity index (χ1n) is 4.68. The minimum atomic E-state index is -0.0408. The first kappa shape index (κ1) is 9.93. The third kappa shape index (κ3) is 2.44. The molecular formula is C12H11NOS. The summed E-state index contributed by atoms with van der Waals surface area (Å²) in [4.78, 5) is 14.0. The van der Waals surface area contributed by atoms with Crippen molar-refractivity contribution in [2.24, 2.45) is 0 Å². The van der Waals surface area contributed by atoms with Crippen molar-refractivity contribution in [1.82, 2.24) is 4.98 Å². The molecule has 0 aliphatic rings. The summed E-state index contributed by atoms with van der Waals surface area (Å²) in [6, 6.07) is 10.1. The summed E-state index contributed by atoms with van der Waals surface area (Å²) in [6.07, 6.45) is 2.72. The average molecular weight is 217 g/mol. The third-order valence-electron chi connectivity index (χ3n) is 2.08. The molecule has 0 aliphatic carbocycles. The Morgan fingerprint density at radius 2 is 2.07 bits per heavy atom. The van der Waals surface area contributed by atoms with Gasteiger partial charge in [0, 0.05) is 0 Å². The van der Waals surface area contributed by atoms with Crippen LogP contribution in [0.4, 0.5) is 0 Å². The summed E-state index contributed by atoms with van der Waals surface area (Å²) in [7, 11) is 0. The molecule has 2 nitrogen and oxygen atoms in total. The van der Waals surface area contributed by atoms with Gasteiger partial charge in [-0.05, 0) is 12.0 Å². The van der Waals surface area contributed by atoms with Crippen LogP contribution in [-0.4, -0.2) is 4.98 Å². The normalized spacial score (nSPS) is 11.9. The van der Waals surface area contributed by atoms with Crippen molar-refractivity contribution in [3.05, 3.63) is 55.4 Å². The summed E-state index contributed by atoms with van der Waals surface area (Å²) in [5.41, 5.74) is 1.16. The Bertz CT molecular complexity index is 595. The van der Waals surface area contributed by atoms with Gasteiger partial charge in [-0.3, -0.25) is 4.79 Å². The van der Waals surface area contributed by atoms with E-state index in [4.69, 9.17) is 0 Å². The minimum absolute atomic E-state index is 0.0408. The van der Waals surface area contributed by atoms with Crippen LogP contribution in [0.25, 0.3) is 12.7 Å². The molecule has 0 radical (unpaired) electrons. The van der Waals surface area contributed by atoms with Gasteiger partial charge in [0.2, 0.25) is 0 Å². The first-order valence-corrected chi connectivity index (χ1v) is 5.49. The Morgan fingerprint density at radius 3 is 2.67 bits per heavy atom. The van der Waals surface area contributed by atoms with Gasteiger partial charge in [-0.25, -0.2) is 0 Å². The number of nitrogens with one attached hydrogen (secondary N) is 1. The van der Waals surface area contributed by atoms with Gasteiger partial charge in [0.05, 0.1) is 9.20 Å². The molecule has 0 atom stereocenters. The van der Waals surface area contributed by atoms with Crippen LogP contribution in [0.5, 0.6) is 0 Å². The van der Waals surface area contributed by atoms with Crippen LogP contribution in [0.3, 0.4) is 0 Å². The monoisotopic (exact) mass is 217 g/mol. The van der Waals surface area contributed by atoms with E-state index in [9.17, 15) is 4.79 Å². The molecule has 0 bridgehead atoms. The quantitative estimate of drug-likeness (QED) is 0.795. The average Bonchev–Trinajstić information content (AvgIpc) is 2.56. The van der Waals surface area contributed by atoms with E-state index in [0.717, 1.165) is 11.0 Å². The number of H-pyrrole nitrogens is 1. The van der Waals surface area contributed by atoms with Crippen LogP contribution in [0, 0.1) is 0 Å². The maximum atomic E-state index is 11.3. The van der Waals surface area contributed by atoms with Crippen molar-refractivity contribution in [3.63, 3.8) is 0 Å². The number of thiazole rings is 1. The Morgan fingerprint density at radius 1 is 1.33 bits per heavy atom. The molecule has 1 aromatic heterocycles. The zero-order valence-electron chi connectivity index (χ0n) is 8.19. The van der Waals surface area contributed by atoms with Gasteiger partial charge in [0.25, 0.3) is 5.56 Å². The van der Waals surface area contributed by atoms with E-state index in [2.05, 4.69) is 11.6 Å². The SMILES string of the molecule is C=c1[nH]c(=O)/c(=C/Cc2ccccc2)s1. The fraction of sp³-hybridized carbons (Fsp3) is 0.0833. The van der Waals surface area contributed by atoms with E-state index in [1.807, 2.05) is 36.4 Å². The second-order valence-corrected chi connectivity index (χ2v) is 4.37. The second-order valence-electron chi connectivity index (χ2n) is 3.24. The van der Waals surface area contributed by atoms with Gasteiger partial charge in [0.15, 0.2) is 0 Å². The molecule has 15 heavy (non-hydrogen) atoms. The summed E-state index contributed by atoms with van der Waals surface area (Å²) >= 11 is 1.40. The van der Waals surface area contributed by atoms with Gasteiger partial charge in [-0.2, -0.15) is 0 Å². The Hall–Kier alpha value is -1.61. The lowest BCUT2D eigenvalue weighted by molar-refractivity contribution is 1.25. The number of aromatic nitrogens is 1. The van der Waals surface area contributed by atoms with Gasteiger partial charge < -0.3 is 4.98 Å². The zero-order chi connectivity index (χ0) is 10.7. The molecule has 0 amide bonds. The number of benzene rings is 1. The molecule has 0 saturated heterocycles. The van der Waals surface area contributed by atoms with Crippen LogP contribution in [0.2, 0.25) is 0 Å². The van der Waals surface area contributed by atoms with Crippen molar-refractivity contribution in [3.8, 4) is 0 Å². The van der Waals surface area contributed by atoms with E-state index in [1.165, 1.54) is 16.9 Å². The predicted octanol–water partition coefficient (Wildman–Crippen LogP) is 0.870. The Balaban J connectivity index is 2.30. The maximum Gasteiger partial charge on any atom is 0.266 e. The largest absolute Gasteiger partial charge is 0.313 e. The highest BCUT2D eigenvalue weighted by Crippen LogP contribution is 1.99. The van der Waals surface area contributed by atoms with Gasteiger partial charge in [-0.1, -0.05) is 43.0 Å². The van der Waals surface area contributed by atoms with E-state index in [1.54, 1.807) is 0 Å². The van der Waals surface area contributed by atoms with E-state index in [-0.39, 0.29) is 5.56 Å². The van der Waals surface area contributed by atoms with Crippen LogP contribution in [-0.2, 0) is 6.42 Å². The van der Waals surface area contributed by atoms with E-state index >= 15 is 0 Å². The standard InChI is InChI=1S/C12H11NOS/c1-9-13-12(14)11(15-9)8-7-10-5-3-2-4-6-10/h2-6,8H,1,7H2,(H,13,14)/b11-8-. The molecule has 2 rings (SSSR count). The van der Waals surface area contributed by atoms with Crippen LogP contribution >= 0.6 is 11.3 Å². The van der Waals surface area contributed by atoms with Crippen LogP contribution in [0.15, 0.2) is 35.1 Å². The fourth-order valence-corrected chi connectivity index (χ4v) is 2.07. The molecule has 1 aromatic carbocycles. The smallest absolute Gasteiger partial charge is 0.266 e.